The molecule has 1 aromatic heterocycles. The van der Waals surface area contributed by atoms with Crippen LogP contribution >= 0.6 is 11.3 Å². The molecule has 0 bridgehead atoms. The number of nitrogens with zero attached hydrogens (tertiary/aromatic N) is 2. The molecule has 0 saturated heterocycles. The highest BCUT2D eigenvalue weighted by Gasteiger charge is 2.40. The molecule has 0 atom stereocenters. The molecule has 3 rings (SSSR count). The Hall–Kier alpha value is -2.21. The molecule has 132 valence electrons. The van der Waals surface area contributed by atoms with Gasteiger partial charge in [0.25, 0.3) is 5.91 Å². The summed E-state index contributed by atoms with van der Waals surface area (Å²) in [6, 6.07) is 10.3. The van der Waals surface area contributed by atoms with Gasteiger partial charge in [0.2, 0.25) is 5.91 Å². The molecule has 1 aliphatic carbocycles. The van der Waals surface area contributed by atoms with Crippen molar-refractivity contribution in [2.45, 2.75) is 44.6 Å². The predicted octanol–water partition coefficient (Wildman–Crippen LogP) is 3.73. The average molecular weight is 357 g/mol. The molecule has 6 heteroatoms. The summed E-state index contributed by atoms with van der Waals surface area (Å²) in [6.45, 7) is 1.43. The lowest BCUT2D eigenvalue weighted by molar-refractivity contribution is -0.114. The van der Waals surface area contributed by atoms with Gasteiger partial charge in [0.15, 0.2) is 5.13 Å². The molecule has 1 fully saturated rings. The number of rotatable bonds is 5. The Bertz CT molecular complexity index is 751. The number of benzene rings is 1. The van der Waals surface area contributed by atoms with Crippen LogP contribution in [0.3, 0.4) is 0 Å². The fourth-order valence-corrected chi connectivity index (χ4v) is 4.34. The van der Waals surface area contributed by atoms with Gasteiger partial charge in [0.05, 0.1) is 0 Å². The Morgan fingerprint density at radius 1 is 1.24 bits per heavy atom. The SMILES string of the molecule is CC(=O)Nc1nc(C(=O)N(C)C2(Cc3ccccc3)CCCC2)cs1. The van der Waals surface area contributed by atoms with E-state index in [0.29, 0.717) is 10.8 Å². The van der Waals surface area contributed by atoms with Crippen LogP contribution < -0.4 is 5.32 Å². The highest BCUT2D eigenvalue weighted by molar-refractivity contribution is 7.14. The predicted molar refractivity (Wildman–Crippen MR) is 99.9 cm³/mol. The molecular formula is C19H23N3O2S. The van der Waals surface area contributed by atoms with E-state index in [1.54, 1.807) is 5.38 Å². The van der Waals surface area contributed by atoms with Crippen LogP contribution in [0, 0.1) is 0 Å². The highest BCUT2D eigenvalue weighted by Crippen LogP contribution is 2.38. The van der Waals surface area contributed by atoms with Crippen LogP contribution in [0.5, 0.6) is 0 Å². The van der Waals surface area contributed by atoms with E-state index in [1.807, 2.05) is 30.1 Å². The highest BCUT2D eigenvalue weighted by atomic mass is 32.1. The van der Waals surface area contributed by atoms with E-state index in [0.717, 1.165) is 32.1 Å². The Balaban J connectivity index is 1.80. The molecule has 1 heterocycles. The molecule has 0 unspecified atom stereocenters. The number of anilines is 1. The minimum absolute atomic E-state index is 0.0781. The first-order chi connectivity index (χ1) is 12.0. The van der Waals surface area contributed by atoms with Gasteiger partial charge in [-0.05, 0) is 24.8 Å². The van der Waals surface area contributed by atoms with Gasteiger partial charge in [-0.3, -0.25) is 9.59 Å². The minimum atomic E-state index is -0.182. The van der Waals surface area contributed by atoms with Gasteiger partial charge < -0.3 is 10.2 Å². The molecule has 1 aromatic carbocycles. The van der Waals surface area contributed by atoms with Crippen LogP contribution in [0.1, 0.15) is 48.7 Å². The quantitative estimate of drug-likeness (QED) is 0.887. The zero-order valence-corrected chi connectivity index (χ0v) is 15.4. The normalized spacial score (nSPS) is 15.8. The second-order valence-corrected chi connectivity index (χ2v) is 7.54. The first kappa shape index (κ1) is 17.6. The first-order valence-corrected chi connectivity index (χ1v) is 9.43. The number of thiazole rings is 1. The molecule has 1 N–H and O–H groups in total. The van der Waals surface area contributed by atoms with E-state index in [9.17, 15) is 9.59 Å². The summed E-state index contributed by atoms with van der Waals surface area (Å²) in [7, 11) is 1.88. The van der Waals surface area contributed by atoms with Crippen LogP contribution in [0.15, 0.2) is 35.7 Å². The maximum absolute atomic E-state index is 13.0. The fraction of sp³-hybridized carbons (Fsp3) is 0.421. The van der Waals surface area contributed by atoms with Crippen LogP contribution in [-0.4, -0.2) is 34.3 Å². The summed E-state index contributed by atoms with van der Waals surface area (Å²) in [4.78, 5) is 30.3. The van der Waals surface area contributed by atoms with E-state index in [-0.39, 0.29) is 17.4 Å². The largest absolute Gasteiger partial charge is 0.334 e. The standard InChI is InChI=1S/C19H23N3O2S/c1-14(23)20-18-21-16(13-25-18)17(24)22(2)19(10-6-7-11-19)12-15-8-4-3-5-9-15/h3-5,8-9,13H,6-7,10-12H2,1-2H3,(H,20,21,23). The molecule has 0 spiro atoms. The number of aromatic nitrogens is 1. The topological polar surface area (TPSA) is 62.3 Å². The maximum Gasteiger partial charge on any atom is 0.273 e. The van der Waals surface area contributed by atoms with E-state index in [1.165, 1.54) is 23.8 Å². The van der Waals surface area contributed by atoms with Crippen molar-refractivity contribution in [1.29, 1.82) is 0 Å². The first-order valence-electron chi connectivity index (χ1n) is 8.55. The van der Waals surface area contributed by atoms with Gasteiger partial charge in [-0.25, -0.2) is 4.98 Å². The summed E-state index contributed by atoms with van der Waals surface area (Å²) in [5, 5.41) is 4.82. The van der Waals surface area contributed by atoms with E-state index in [4.69, 9.17) is 0 Å². The molecule has 1 aliphatic rings. The molecule has 2 aromatic rings. The average Bonchev–Trinajstić information content (AvgIpc) is 3.24. The molecule has 1 saturated carbocycles. The monoisotopic (exact) mass is 357 g/mol. The summed E-state index contributed by atoms with van der Waals surface area (Å²) < 4.78 is 0. The van der Waals surface area contributed by atoms with Crippen molar-refractivity contribution in [3.63, 3.8) is 0 Å². The summed E-state index contributed by atoms with van der Waals surface area (Å²) in [5.74, 6) is -0.260. The summed E-state index contributed by atoms with van der Waals surface area (Å²) in [5.41, 5.74) is 1.49. The third kappa shape index (κ3) is 3.90. The van der Waals surface area contributed by atoms with Crippen LogP contribution in [0.4, 0.5) is 5.13 Å². The van der Waals surface area contributed by atoms with Crippen LogP contribution in [0.2, 0.25) is 0 Å². The summed E-state index contributed by atoms with van der Waals surface area (Å²) >= 11 is 1.28. The van der Waals surface area contributed by atoms with Crippen molar-refractivity contribution in [2.75, 3.05) is 12.4 Å². The lowest BCUT2D eigenvalue weighted by atomic mass is 9.87. The molecule has 0 radical (unpaired) electrons. The Labute approximate surface area is 152 Å². The zero-order chi connectivity index (χ0) is 17.9. The number of hydrogen-bond acceptors (Lipinski definition) is 4. The zero-order valence-electron chi connectivity index (χ0n) is 14.6. The second-order valence-electron chi connectivity index (χ2n) is 6.68. The Morgan fingerprint density at radius 2 is 1.92 bits per heavy atom. The van der Waals surface area contributed by atoms with Crippen molar-refractivity contribution in [3.8, 4) is 0 Å². The third-order valence-corrected chi connectivity index (χ3v) is 5.69. The third-order valence-electron chi connectivity index (χ3n) is 4.93. The van der Waals surface area contributed by atoms with Crippen molar-refractivity contribution in [2.24, 2.45) is 0 Å². The van der Waals surface area contributed by atoms with Gasteiger partial charge in [-0.2, -0.15) is 0 Å². The lowest BCUT2D eigenvalue weighted by Gasteiger charge is -2.39. The maximum atomic E-state index is 13.0. The minimum Gasteiger partial charge on any atom is -0.334 e. The van der Waals surface area contributed by atoms with Crippen LogP contribution in [-0.2, 0) is 11.2 Å². The van der Waals surface area contributed by atoms with Crippen LogP contribution in [0.25, 0.3) is 0 Å². The van der Waals surface area contributed by atoms with Gasteiger partial charge in [0.1, 0.15) is 5.69 Å². The molecule has 0 aliphatic heterocycles. The molecule has 25 heavy (non-hydrogen) atoms. The van der Waals surface area contributed by atoms with E-state index < -0.39 is 0 Å². The molecular weight excluding hydrogens is 334 g/mol. The number of amides is 2. The molecule has 2 amide bonds. The number of carbonyl (C=O) groups excluding carboxylic acids is 2. The Kier molecular flexibility index (Phi) is 5.18. The van der Waals surface area contributed by atoms with Crippen molar-refractivity contribution in [3.05, 3.63) is 47.0 Å². The van der Waals surface area contributed by atoms with Crippen molar-refractivity contribution >= 4 is 28.3 Å². The number of nitrogens with one attached hydrogen (secondary N) is 1. The van der Waals surface area contributed by atoms with Gasteiger partial charge in [-0.15, -0.1) is 11.3 Å². The van der Waals surface area contributed by atoms with Crippen molar-refractivity contribution < 1.29 is 9.59 Å². The van der Waals surface area contributed by atoms with Crippen molar-refractivity contribution in [1.82, 2.24) is 9.88 Å². The lowest BCUT2D eigenvalue weighted by Crippen LogP contribution is -2.49. The smallest absolute Gasteiger partial charge is 0.273 e. The van der Waals surface area contributed by atoms with Gasteiger partial charge in [0, 0.05) is 24.9 Å². The molecule has 5 nitrogen and oxygen atoms in total. The fourth-order valence-electron chi connectivity index (χ4n) is 3.61. The second kappa shape index (κ2) is 7.35. The number of likely N-dealkylation sites (N-methyl/N-ethyl adjacent to an activating group) is 1. The van der Waals surface area contributed by atoms with Gasteiger partial charge >= 0.3 is 0 Å². The summed E-state index contributed by atoms with van der Waals surface area (Å²) in [6.07, 6.45) is 5.15. The van der Waals surface area contributed by atoms with Gasteiger partial charge in [-0.1, -0.05) is 43.2 Å². The van der Waals surface area contributed by atoms with E-state index >= 15 is 0 Å². The Morgan fingerprint density at radius 3 is 2.56 bits per heavy atom. The van der Waals surface area contributed by atoms with E-state index in [2.05, 4.69) is 22.4 Å². The number of carbonyl (C=O) groups is 2. The number of hydrogen-bond donors (Lipinski definition) is 1.